The fraction of sp³-hybridized carbons (Fsp3) is 0.0741. The number of thiophene rings is 1. The topological polar surface area (TPSA) is 16.4 Å². The van der Waals surface area contributed by atoms with Gasteiger partial charge < -0.3 is 9.32 Å². The van der Waals surface area contributed by atoms with Crippen molar-refractivity contribution in [1.29, 1.82) is 0 Å². The Bertz CT molecular complexity index is 3040. The molecule has 57 heavy (non-hydrogen) atoms. The van der Waals surface area contributed by atoms with E-state index in [0.29, 0.717) is 0 Å². The van der Waals surface area contributed by atoms with Crippen molar-refractivity contribution in [3.8, 4) is 22.3 Å². The van der Waals surface area contributed by atoms with Crippen LogP contribution in [0.15, 0.2) is 204 Å². The van der Waals surface area contributed by atoms with E-state index in [1.165, 1.54) is 70.2 Å². The standard InChI is InChI=1S/C54H39NOS/c1-3-14-36(15-4-1)39-32-40(46-22-13-23-50-47-20-9-11-24-51(47)56-54(46)50)34-43(33-39)55(42-30-31-49-48-21-10-12-25-52(48)57-53(49)35-42)41-28-26-38(27-29-41)45-19-8-7-18-44(45)37-16-5-2-6-17-37/h1-21,23-26,28-35,38,46H,22,27H2. The molecule has 0 spiro atoms. The summed E-state index contributed by atoms with van der Waals surface area (Å²) >= 11 is 1.87. The number of nitrogens with zero attached hydrogens (tertiary/aromatic N) is 1. The first kappa shape index (κ1) is 33.6. The lowest BCUT2D eigenvalue weighted by molar-refractivity contribution is 0.517. The number of rotatable bonds is 7. The van der Waals surface area contributed by atoms with Crippen LogP contribution in [0.25, 0.3) is 59.5 Å². The minimum absolute atomic E-state index is 0.0847. The van der Waals surface area contributed by atoms with Gasteiger partial charge in [0.1, 0.15) is 11.3 Å². The van der Waals surface area contributed by atoms with Gasteiger partial charge in [-0.05, 0) is 88.7 Å². The lowest BCUT2D eigenvalue weighted by Crippen LogP contribution is -2.18. The highest BCUT2D eigenvalue weighted by Gasteiger charge is 2.28. The van der Waals surface area contributed by atoms with Crippen LogP contribution in [0.3, 0.4) is 0 Å². The van der Waals surface area contributed by atoms with Crippen molar-refractivity contribution in [3.63, 3.8) is 0 Å². The van der Waals surface area contributed by atoms with E-state index < -0.39 is 0 Å². The Morgan fingerprint density at radius 3 is 2.12 bits per heavy atom. The van der Waals surface area contributed by atoms with Gasteiger partial charge >= 0.3 is 0 Å². The first-order valence-electron chi connectivity index (χ1n) is 19.9. The van der Waals surface area contributed by atoms with Crippen molar-refractivity contribution in [1.82, 2.24) is 0 Å². The first-order chi connectivity index (χ1) is 28.2. The van der Waals surface area contributed by atoms with Crippen LogP contribution < -0.4 is 4.90 Å². The number of para-hydroxylation sites is 1. The van der Waals surface area contributed by atoms with Gasteiger partial charge in [0.25, 0.3) is 0 Å². The van der Waals surface area contributed by atoms with Crippen LogP contribution in [0, 0.1) is 0 Å². The maximum atomic E-state index is 6.69. The Hall–Kier alpha value is -6.68. The van der Waals surface area contributed by atoms with Crippen LogP contribution in [-0.4, -0.2) is 0 Å². The Labute approximate surface area is 337 Å². The molecule has 0 saturated carbocycles. The van der Waals surface area contributed by atoms with E-state index in [1.807, 2.05) is 11.3 Å². The van der Waals surface area contributed by atoms with Crippen molar-refractivity contribution in [2.75, 3.05) is 4.90 Å². The summed E-state index contributed by atoms with van der Waals surface area (Å²) in [6.45, 7) is 0. The summed E-state index contributed by atoms with van der Waals surface area (Å²) in [5.74, 6) is 1.40. The quantitative estimate of drug-likeness (QED) is 0.161. The average molecular weight is 750 g/mol. The van der Waals surface area contributed by atoms with E-state index in [9.17, 15) is 0 Å². The molecule has 11 rings (SSSR count). The normalized spacial score (nSPS) is 16.2. The molecule has 0 aliphatic heterocycles. The van der Waals surface area contributed by atoms with Crippen molar-refractivity contribution in [2.45, 2.75) is 24.7 Å². The highest BCUT2D eigenvalue weighted by atomic mass is 32.1. The summed E-state index contributed by atoms with van der Waals surface area (Å²) in [4.78, 5) is 2.48. The highest BCUT2D eigenvalue weighted by Crippen LogP contribution is 2.46. The van der Waals surface area contributed by atoms with E-state index in [1.54, 1.807) is 0 Å². The second-order valence-electron chi connectivity index (χ2n) is 15.1. The third kappa shape index (κ3) is 6.03. The molecule has 2 atom stereocenters. The van der Waals surface area contributed by atoms with Crippen molar-refractivity contribution in [2.24, 2.45) is 0 Å². The Morgan fingerprint density at radius 1 is 0.544 bits per heavy atom. The second kappa shape index (κ2) is 14.1. The van der Waals surface area contributed by atoms with Crippen LogP contribution in [0.2, 0.25) is 0 Å². The summed E-state index contributed by atoms with van der Waals surface area (Å²) < 4.78 is 9.29. The summed E-state index contributed by atoms with van der Waals surface area (Å²) in [5.41, 5.74) is 13.1. The largest absolute Gasteiger partial charge is 0.460 e. The molecule has 2 aliphatic rings. The number of anilines is 2. The number of hydrogen-bond donors (Lipinski definition) is 0. The van der Waals surface area contributed by atoms with Gasteiger partial charge in [-0.1, -0.05) is 158 Å². The van der Waals surface area contributed by atoms with Gasteiger partial charge in [0.05, 0.1) is 0 Å². The van der Waals surface area contributed by atoms with E-state index >= 15 is 0 Å². The van der Waals surface area contributed by atoms with Gasteiger partial charge in [-0.25, -0.2) is 0 Å². The van der Waals surface area contributed by atoms with Gasteiger partial charge in [0.2, 0.25) is 0 Å². The molecule has 2 aromatic heterocycles. The first-order valence-corrected chi connectivity index (χ1v) is 20.7. The molecule has 0 saturated heterocycles. The summed E-state index contributed by atoms with van der Waals surface area (Å²) in [7, 11) is 0. The fourth-order valence-electron chi connectivity index (χ4n) is 9.00. The maximum absolute atomic E-state index is 6.69. The molecule has 2 nitrogen and oxygen atoms in total. The monoisotopic (exact) mass is 749 g/mol. The smallest absolute Gasteiger partial charge is 0.134 e. The minimum Gasteiger partial charge on any atom is -0.460 e. The number of fused-ring (bicyclic) bond motifs is 6. The lowest BCUT2D eigenvalue weighted by atomic mass is 9.84. The van der Waals surface area contributed by atoms with E-state index in [-0.39, 0.29) is 11.8 Å². The molecule has 0 fully saturated rings. The fourth-order valence-corrected chi connectivity index (χ4v) is 10.1. The molecule has 272 valence electrons. The van der Waals surface area contributed by atoms with E-state index in [4.69, 9.17) is 4.42 Å². The van der Waals surface area contributed by atoms with Crippen molar-refractivity contribution >= 4 is 59.9 Å². The Kier molecular flexibility index (Phi) is 8.33. The predicted molar refractivity (Wildman–Crippen MR) is 242 cm³/mol. The molecule has 7 aromatic carbocycles. The van der Waals surface area contributed by atoms with Crippen LogP contribution in [-0.2, 0) is 0 Å². The number of furan rings is 1. The van der Waals surface area contributed by atoms with Crippen LogP contribution in [0.5, 0.6) is 0 Å². The number of allylic oxidation sites excluding steroid dienone is 4. The van der Waals surface area contributed by atoms with Gasteiger partial charge in [-0.2, -0.15) is 0 Å². The van der Waals surface area contributed by atoms with Gasteiger partial charge in [-0.15, -0.1) is 11.3 Å². The molecular weight excluding hydrogens is 711 g/mol. The average Bonchev–Trinajstić information content (AvgIpc) is 3.86. The minimum atomic E-state index is 0.0847. The molecule has 0 amide bonds. The zero-order valence-electron chi connectivity index (χ0n) is 31.4. The number of benzene rings is 7. The SMILES string of the molecule is C1=Cc2c(oc3ccccc23)C(c2cc(-c3ccccc3)cc(N(C3=CCC(c4ccccc4-c4ccccc4)C=C3)c3ccc4c(c3)sc3ccccc34)c2)C1. The Morgan fingerprint density at radius 2 is 1.28 bits per heavy atom. The molecule has 0 bridgehead atoms. The molecule has 2 heterocycles. The summed E-state index contributed by atoms with van der Waals surface area (Å²) in [6.07, 6.45) is 13.5. The van der Waals surface area contributed by atoms with E-state index in [0.717, 1.165) is 35.6 Å². The molecule has 2 aliphatic carbocycles. The zero-order chi connectivity index (χ0) is 37.7. The molecule has 0 N–H and O–H groups in total. The highest BCUT2D eigenvalue weighted by molar-refractivity contribution is 7.25. The zero-order valence-corrected chi connectivity index (χ0v) is 32.2. The molecule has 9 aromatic rings. The molecule has 0 radical (unpaired) electrons. The maximum Gasteiger partial charge on any atom is 0.134 e. The van der Waals surface area contributed by atoms with Crippen LogP contribution in [0.1, 0.15) is 47.1 Å². The summed E-state index contributed by atoms with van der Waals surface area (Å²) in [5, 5.41) is 3.79. The van der Waals surface area contributed by atoms with E-state index in [2.05, 4.69) is 205 Å². The Balaban J connectivity index is 1.07. The van der Waals surface area contributed by atoms with Crippen molar-refractivity contribution < 1.29 is 4.42 Å². The third-order valence-electron chi connectivity index (χ3n) is 11.7. The van der Waals surface area contributed by atoms with Crippen LogP contribution in [0.4, 0.5) is 11.4 Å². The van der Waals surface area contributed by atoms with Gasteiger partial charge in [0.15, 0.2) is 0 Å². The van der Waals surface area contributed by atoms with Crippen LogP contribution >= 0.6 is 11.3 Å². The summed E-state index contributed by atoms with van der Waals surface area (Å²) in [6, 6.07) is 61.8. The third-order valence-corrected chi connectivity index (χ3v) is 12.9. The molecular formula is C54H39NOS. The lowest BCUT2D eigenvalue weighted by Gasteiger charge is -2.31. The number of hydrogen-bond acceptors (Lipinski definition) is 3. The van der Waals surface area contributed by atoms with Crippen molar-refractivity contribution in [3.05, 3.63) is 222 Å². The molecule has 3 heteroatoms. The predicted octanol–water partition coefficient (Wildman–Crippen LogP) is 15.4. The van der Waals surface area contributed by atoms with Gasteiger partial charge in [0, 0.05) is 60.0 Å². The second-order valence-corrected chi connectivity index (χ2v) is 16.2. The molecule has 2 unspecified atom stereocenters. The van der Waals surface area contributed by atoms with Gasteiger partial charge in [-0.3, -0.25) is 0 Å².